The normalized spacial score (nSPS) is 11.7. The molecule has 0 bridgehead atoms. The van der Waals surface area contributed by atoms with Gasteiger partial charge in [0.2, 0.25) is 0 Å². The average molecular weight is 325 g/mol. The monoisotopic (exact) mass is 325 g/mol. The highest BCUT2D eigenvalue weighted by molar-refractivity contribution is 7.99. The van der Waals surface area contributed by atoms with Crippen LogP contribution in [0.4, 0.5) is 0 Å². The van der Waals surface area contributed by atoms with Gasteiger partial charge >= 0.3 is 0 Å². The number of hydrogen-bond acceptors (Lipinski definition) is 2. The molecule has 0 aliphatic rings. The largest absolute Gasteiger partial charge is 0.345 e. The fourth-order valence-electron chi connectivity index (χ4n) is 2.33. The Labute approximate surface area is 143 Å². The van der Waals surface area contributed by atoms with Gasteiger partial charge in [-0.05, 0) is 36.6 Å². The molecule has 1 atom stereocenters. The third-order valence-electron chi connectivity index (χ3n) is 3.72. The molecule has 23 heavy (non-hydrogen) atoms. The van der Waals surface area contributed by atoms with Gasteiger partial charge < -0.3 is 5.32 Å². The van der Waals surface area contributed by atoms with E-state index in [2.05, 4.69) is 43.1 Å². The number of rotatable bonds is 7. The Morgan fingerprint density at radius 2 is 1.91 bits per heavy atom. The number of nitrogens with one attached hydrogen (secondary N) is 1. The summed E-state index contributed by atoms with van der Waals surface area (Å²) in [5.41, 5.74) is 3.14. The van der Waals surface area contributed by atoms with Crippen molar-refractivity contribution in [2.24, 2.45) is 0 Å². The van der Waals surface area contributed by atoms with Crippen LogP contribution in [0.2, 0.25) is 0 Å². The van der Waals surface area contributed by atoms with Gasteiger partial charge in [0, 0.05) is 10.6 Å². The lowest BCUT2D eigenvalue weighted by Crippen LogP contribution is -2.27. The van der Waals surface area contributed by atoms with Crippen LogP contribution >= 0.6 is 11.8 Å². The van der Waals surface area contributed by atoms with Crippen LogP contribution in [0.5, 0.6) is 0 Å². The third-order valence-corrected chi connectivity index (χ3v) is 4.79. The molecule has 0 saturated heterocycles. The molecule has 0 saturated carbocycles. The first kappa shape index (κ1) is 17.4. The quantitative estimate of drug-likeness (QED) is 0.572. The predicted octanol–water partition coefficient (Wildman–Crippen LogP) is 5.02. The Bertz CT molecular complexity index is 664. The van der Waals surface area contributed by atoms with Crippen molar-refractivity contribution in [3.8, 4) is 0 Å². The molecule has 2 rings (SSSR count). The van der Waals surface area contributed by atoms with Crippen LogP contribution in [-0.2, 0) is 6.42 Å². The number of carbonyl (C=O) groups excluding carboxylic acids is 1. The van der Waals surface area contributed by atoms with Gasteiger partial charge in [-0.25, -0.2) is 0 Å². The molecular weight excluding hydrogens is 302 g/mol. The summed E-state index contributed by atoms with van der Waals surface area (Å²) in [7, 11) is 0. The molecule has 2 aromatic carbocycles. The summed E-state index contributed by atoms with van der Waals surface area (Å²) in [5, 5.41) is 3.09. The number of carbonyl (C=O) groups is 1. The zero-order valence-corrected chi connectivity index (χ0v) is 14.5. The standard InChI is InChI=1S/C20H23NOS/c1-4-14-23-19-9-7-6-8-18(19)20(22)21-15(3)17-12-10-16(5-2)11-13-17/h4,6-13,15H,1,5,14H2,2-3H3,(H,21,22)/t15-/m1/s1. The Balaban J connectivity index is 2.10. The highest BCUT2D eigenvalue weighted by Crippen LogP contribution is 2.23. The van der Waals surface area contributed by atoms with E-state index in [1.807, 2.05) is 37.3 Å². The maximum absolute atomic E-state index is 12.6. The molecule has 0 heterocycles. The van der Waals surface area contributed by atoms with Gasteiger partial charge in [-0.3, -0.25) is 4.79 Å². The maximum atomic E-state index is 12.6. The van der Waals surface area contributed by atoms with Crippen molar-refractivity contribution in [1.29, 1.82) is 0 Å². The van der Waals surface area contributed by atoms with Gasteiger partial charge in [-0.15, -0.1) is 18.3 Å². The molecule has 1 N–H and O–H groups in total. The minimum atomic E-state index is -0.0377. The second-order valence-electron chi connectivity index (χ2n) is 5.39. The minimum Gasteiger partial charge on any atom is -0.345 e. The number of hydrogen-bond donors (Lipinski definition) is 1. The van der Waals surface area contributed by atoms with E-state index in [-0.39, 0.29) is 11.9 Å². The molecule has 0 aromatic heterocycles. The van der Waals surface area contributed by atoms with Gasteiger partial charge in [0.05, 0.1) is 11.6 Å². The SMILES string of the molecule is C=CCSc1ccccc1C(=O)N[C@H](C)c1ccc(CC)cc1. The van der Waals surface area contributed by atoms with Crippen molar-refractivity contribution in [3.05, 3.63) is 77.9 Å². The molecule has 1 amide bonds. The predicted molar refractivity (Wildman–Crippen MR) is 99.1 cm³/mol. The maximum Gasteiger partial charge on any atom is 0.252 e. The zero-order valence-electron chi connectivity index (χ0n) is 13.7. The summed E-state index contributed by atoms with van der Waals surface area (Å²) in [6.07, 6.45) is 2.87. The molecule has 0 spiro atoms. The van der Waals surface area contributed by atoms with E-state index in [1.54, 1.807) is 11.8 Å². The number of benzene rings is 2. The first-order valence-corrected chi connectivity index (χ1v) is 8.86. The highest BCUT2D eigenvalue weighted by Gasteiger charge is 2.14. The first-order valence-electron chi connectivity index (χ1n) is 7.88. The highest BCUT2D eigenvalue weighted by atomic mass is 32.2. The first-order chi connectivity index (χ1) is 11.2. The van der Waals surface area contributed by atoms with E-state index in [0.29, 0.717) is 0 Å². The molecule has 2 nitrogen and oxygen atoms in total. The van der Waals surface area contributed by atoms with Crippen LogP contribution in [0.1, 0.15) is 41.4 Å². The van der Waals surface area contributed by atoms with Crippen LogP contribution in [0, 0.1) is 0 Å². The number of thioether (sulfide) groups is 1. The smallest absolute Gasteiger partial charge is 0.252 e. The number of aryl methyl sites for hydroxylation is 1. The Hall–Kier alpha value is -2.00. The van der Waals surface area contributed by atoms with Crippen molar-refractivity contribution in [3.63, 3.8) is 0 Å². The molecule has 2 aromatic rings. The van der Waals surface area contributed by atoms with E-state index in [9.17, 15) is 4.79 Å². The topological polar surface area (TPSA) is 29.1 Å². The van der Waals surface area contributed by atoms with Crippen molar-refractivity contribution in [1.82, 2.24) is 5.32 Å². The summed E-state index contributed by atoms with van der Waals surface area (Å²) in [6, 6.07) is 16.1. The van der Waals surface area contributed by atoms with E-state index in [4.69, 9.17) is 0 Å². The van der Waals surface area contributed by atoms with Crippen LogP contribution in [0.15, 0.2) is 66.1 Å². The van der Waals surface area contributed by atoms with Crippen molar-refractivity contribution < 1.29 is 4.79 Å². The third kappa shape index (κ3) is 4.73. The van der Waals surface area contributed by atoms with E-state index in [0.717, 1.165) is 28.2 Å². The fraction of sp³-hybridized carbons (Fsp3) is 0.250. The van der Waals surface area contributed by atoms with E-state index < -0.39 is 0 Å². The van der Waals surface area contributed by atoms with Crippen molar-refractivity contribution in [2.75, 3.05) is 5.75 Å². The molecular formula is C20H23NOS. The second kappa shape index (κ2) is 8.59. The van der Waals surface area contributed by atoms with Gasteiger partial charge in [0.1, 0.15) is 0 Å². The van der Waals surface area contributed by atoms with Gasteiger partial charge in [0.25, 0.3) is 5.91 Å². The van der Waals surface area contributed by atoms with Gasteiger partial charge in [0.15, 0.2) is 0 Å². The average Bonchev–Trinajstić information content (AvgIpc) is 2.60. The Kier molecular flexibility index (Phi) is 6.48. The molecule has 120 valence electrons. The molecule has 0 unspecified atom stereocenters. The minimum absolute atomic E-state index is 0.0223. The summed E-state index contributed by atoms with van der Waals surface area (Å²) in [5.74, 6) is 0.752. The van der Waals surface area contributed by atoms with E-state index in [1.165, 1.54) is 5.56 Å². The fourth-order valence-corrected chi connectivity index (χ4v) is 3.12. The lowest BCUT2D eigenvalue weighted by atomic mass is 10.0. The van der Waals surface area contributed by atoms with Crippen molar-refractivity contribution >= 4 is 17.7 Å². The van der Waals surface area contributed by atoms with Crippen LogP contribution < -0.4 is 5.32 Å². The van der Waals surface area contributed by atoms with E-state index >= 15 is 0 Å². The van der Waals surface area contributed by atoms with Gasteiger partial charge in [-0.2, -0.15) is 0 Å². The Morgan fingerprint density at radius 3 is 2.57 bits per heavy atom. The molecule has 0 aliphatic carbocycles. The molecule has 3 heteroatoms. The second-order valence-corrected chi connectivity index (χ2v) is 6.45. The summed E-state index contributed by atoms with van der Waals surface area (Å²) in [4.78, 5) is 13.6. The van der Waals surface area contributed by atoms with Crippen LogP contribution in [-0.4, -0.2) is 11.7 Å². The molecule has 0 aliphatic heterocycles. The lowest BCUT2D eigenvalue weighted by Gasteiger charge is -2.16. The number of amides is 1. The summed E-state index contributed by atoms with van der Waals surface area (Å²) in [6.45, 7) is 7.88. The molecule has 0 radical (unpaired) electrons. The van der Waals surface area contributed by atoms with Crippen molar-refractivity contribution in [2.45, 2.75) is 31.2 Å². The summed E-state index contributed by atoms with van der Waals surface area (Å²) >= 11 is 1.62. The van der Waals surface area contributed by atoms with Crippen LogP contribution in [0.3, 0.4) is 0 Å². The zero-order chi connectivity index (χ0) is 16.7. The molecule has 0 fully saturated rings. The Morgan fingerprint density at radius 1 is 1.22 bits per heavy atom. The van der Waals surface area contributed by atoms with Gasteiger partial charge in [-0.1, -0.05) is 49.4 Å². The lowest BCUT2D eigenvalue weighted by molar-refractivity contribution is 0.0937. The van der Waals surface area contributed by atoms with Crippen LogP contribution in [0.25, 0.3) is 0 Å². The summed E-state index contributed by atoms with van der Waals surface area (Å²) < 4.78 is 0.